The van der Waals surface area contributed by atoms with E-state index in [1.165, 1.54) is 0 Å². The first-order valence-electron chi connectivity index (χ1n) is 10.0. The van der Waals surface area contributed by atoms with Gasteiger partial charge in [-0.3, -0.25) is 4.79 Å². The lowest BCUT2D eigenvalue weighted by Gasteiger charge is -2.31. The smallest absolute Gasteiger partial charge is 0.321 e. The number of piperidine rings is 2. The predicted molar refractivity (Wildman–Crippen MR) is 106 cm³/mol. The van der Waals surface area contributed by atoms with E-state index in [1.807, 2.05) is 24.0 Å². The summed E-state index contributed by atoms with van der Waals surface area (Å²) in [5.41, 5.74) is 2.32. The van der Waals surface area contributed by atoms with Gasteiger partial charge in [-0.2, -0.15) is 0 Å². The minimum absolute atomic E-state index is 0.0777. The molecular formula is C21H31N3O3. The van der Waals surface area contributed by atoms with Crippen LogP contribution in [0.4, 0.5) is 10.5 Å². The van der Waals surface area contributed by atoms with Crippen LogP contribution in [0.15, 0.2) is 18.2 Å². The number of anilines is 1. The molecule has 6 heteroatoms. The van der Waals surface area contributed by atoms with E-state index in [9.17, 15) is 14.7 Å². The molecule has 1 aromatic carbocycles. The molecule has 0 spiro atoms. The van der Waals surface area contributed by atoms with Crippen LogP contribution in [-0.4, -0.2) is 59.6 Å². The Kier molecular flexibility index (Phi) is 6.37. The summed E-state index contributed by atoms with van der Waals surface area (Å²) in [5, 5.41) is 12.2. The van der Waals surface area contributed by atoms with Crippen molar-refractivity contribution in [3.8, 4) is 0 Å². The van der Waals surface area contributed by atoms with Gasteiger partial charge in [0, 0.05) is 44.0 Å². The molecule has 0 atom stereocenters. The van der Waals surface area contributed by atoms with E-state index in [0.717, 1.165) is 50.0 Å². The third kappa shape index (κ3) is 4.80. The zero-order chi connectivity index (χ0) is 19.4. The van der Waals surface area contributed by atoms with Crippen LogP contribution in [0, 0.1) is 18.8 Å². The number of urea groups is 1. The van der Waals surface area contributed by atoms with Crippen LogP contribution in [-0.2, 0) is 0 Å². The third-order valence-electron chi connectivity index (χ3n) is 5.95. The number of hydrogen-bond donors (Lipinski definition) is 2. The summed E-state index contributed by atoms with van der Waals surface area (Å²) in [6, 6.07) is 5.39. The number of amides is 3. The molecule has 27 heavy (non-hydrogen) atoms. The van der Waals surface area contributed by atoms with E-state index >= 15 is 0 Å². The average Bonchev–Trinajstić information content (AvgIpc) is 2.69. The molecule has 3 amide bonds. The van der Waals surface area contributed by atoms with E-state index in [4.69, 9.17) is 0 Å². The molecule has 2 aliphatic heterocycles. The Morgan fingerprint density at radius 3 is 2.30 bits per heavy atom. The molecule has 2 fully saturated rings. The summed E-state index contributed by atoms with van der Waals surface area (Å²) in [5.74, 6) is 1.07. The number of nitrogens with zero attached hydrogens (tertiary/aromatic N) is 2. The van der Waals surface area contributed by atoms with Crippen LogP contribution in [0.1, 0.15) is 48.5 Å². The largest absolute Gasteiger partial charge is 0.396 e. The summed E-state index contributed by atoms with van der Waals surface area (Å²) in [4.78, 5) is 28.9. The number of aliphatic hydroxyl groups is 1. The Balaban J connectivity index is 1.59. The Bertz CT molecular complexity index is 675. The molecule has 0 aromatic heterocycles. The van der Waals surface area contributed by atoms with E-state index in [-0.39, 0.29) is 18.5 Å². The molecular weight excluding hydrogens is 342 g/mol. The quantitative estimate of drug-likeness (QED) is 0.855. The SMILES string of the molecule is Cc1cc(C(=O)N2CCC(C)CC2)ccc1NC(=O)N1CCC(CO)CC1. The van der Waals surface area contributed by atoms with E-state index in [2.05, 4.69) is 12.2 Å². The van der Waals surface area contributed by atoms with Gasteiger partial charge in [-0.1, -0.05) is 6.92 Å². The van der Waals surface area contributed by atoms with Crippen molar-refractivity contribution in [3.05, 3.63) is 29.3 Å². The van der Waals surface area contributed by atoms with Crippen molar-refractivity contribution in [1.29, 1.82) is 0 Å². The lowest BCUT2D eigenvalue weighted by molar-refractivity contribution is 0.0697. The zero-order valence-electron chi connectivity index (χ0n) is 16.4. The number of likely N-dealkylation sites (tertiary alicyclic amines) is 2. The fraction of sp³-hybridized carbons (Fsp3) is 0.619. The number of aryl methyl sites for hydroxylation is 1. The van der Waals surface area contributed by atoms with Crippen molar-refractivity contribution in [2.24, 2.45) is 11.8 Å². The van der Waals surface area contributed by atoms with Gasteiger partial charge in [0.1, 0.15) is 0 Å². The standard InChI is InChI=1S/C21H31N3O3/c1-15-5-9-23(10-6-15)20(26)18-3-4-19(16(2)13-18)22-21(27)24-11-7-17(14-25)8-12-24/h3-4,13,15,17,25H,5-12,14H2,1-2H3,(H,22,27). The van der Waals surface area contributed by atoms with Gasteiger partial charge < -0.3 is 20.2 Å². The van der Waals surface area contributed by atoms with E-state index in [0.29, 0.717) is 30.5 Å². The van der Waals surface area contributed by atoms with Crippen LogP contribution < -0.4 is 5.32 Å². The Labute approximate surface area is 161 Å². The highest BCUT2D eigenvalue weighted by Crippen LogP contribution is 2.22. The highest BCUT2D eigenvalue weighted by Gasteiger charge is 2.24. The van der Waals surface area contributed by atoms with Gasteiger partial charge in [0.15, 0.2) is 0 Å². The Morgan fingerprint density at radius 1 is 1.07 bits per heavy atom. The zero-order valence-corrected chi connectivity index (χ0v) is 16.4. The van der Waals surface area contributed by atoms with Crippen molar-refractivity contribution < 1.29 is 14.7 Å². The van der Waals surface area contributed by atoms with Crippen LogP contribution in [0.5, 0.6) is 0 Å². The summed E-state index contributed by atoms with van der Waals surface area (Å²) >= 11 is 0. The van der Waals surface area contributed by atoms with Crippen LogP contribution >= 0.6 is 0 Å². The molecule has 2 heterocycles. The second kappa shape index (κ2) is 8.74. The molecule has 2 N–H and O–H groups in total. The Morgan fingerprint density at radius 2 is 1.70 bits per heavy atom. The topological polar surface area (TPSA) is 72.9 Å². The molecule has 6 nitrogen and oxygen atoms in total. The van der Waals surface area contributed by atoms with Gasteiger partial charge in [-0.15, -0.1) is 0 Å². The first-order chi connectivity index (χ1) is 13.0. The number of aliphatic hydroxyl groups excluding tert-OH is 1. The minimum atomic E-state index is -0.112. The number of carbonyl (C=O) groups excluding carboxylic acids is 2. The van der Waals surface area contributed by atoms with Gasteiger partial charge >= 0.3 is 6.03 Å². The Hall–Kier alpha value is -2.08. The van der Waals surface area contributed by atoms with E-state index in [1.54, 1.807) is 11.0 Å². The summed E-state index contributed by atoms with van der Waals surface area (Å²) in [6.45, 7) is 7.32. The molecule has 148 valence electrons. The monoisotopic (exact) mass is 373 g/mol. The van der Waals surface area contributed by atoms with Crippen LogP contribution in [0.2, 0.25) is 0 Å². The normalized spacial score (nSPS) is 19.2. The molecule has 3 rings (SSSR count). The second-order valence-corrected chi connectivity index (χ2v) is 8.05. The fourth-order valence-corrected chi connectivity index (χ4v) is 3.84. The second-order valence-electron chi connectivity index (χ2n) is 8.05. The highest BCUT2D eigenvalue weighted by molar-refractivity contribution is 5.96. The maximum atomic E-state index is 12.7. The number of rotatable bonds is 3. The van der Waals surface area contributed by atoms with Gasteiger partial charge in [-0.25, -0.2) is 4.79 Å². The van der Waals surface area contributed by atoms with Gasteiger partial charge in [0.25, 0.3) is 5.91 Å². The van der Waals surface area contributed by atoms with Crippen LogP contribution in [0.25, 0.3) is 0 Å². The molecule has 0 saturated carbocycles. The van der Waals surface area contributed by atoms with Gasteiger partial charge in [0.2, 0.25) is 0 Å². The minimum Gasteiger partial charge on any atom is -0.396 e. The van der Waals surface area contributed by atoms with Crippen molar-refractivity contribution in [2.75, 3.05) is 38.1 Å². The maximum Gasteiger partial charge on any atom is 0.321 e. The predicted octanol–water partition coefficient (Wildman–Crippen LogP) is 3.10. The third-order valence-corrected chi connectivity index (χ3v) is 5.95. The number of carbonyl (C=O) groups is 2. The first-order valence-corrected chi connectivity index (χ1v) is 10.0. The van der Waals surface area contributed by atoms with Crippen molar-refractivity contribution in [1.82, 2.24) is 9.80 Å². The van der Waals surface area contributed by atoms with Gasteiger partial charge in [0.05, 0.1) is 0 Å². The molecule has 0 bridgehead atoms. The molecule has 2 saturated heterocycles. The lowest BCUT2D eigenvalue weighted by Crippen LogP contribution is -2.41. The maximum absolute atomic E-state index is 12.7. The molecule has 2 aliphatic rings. The van der Waals surface area contributed by atoms with E-state index < -0.39 is 0 Å². The summed E-state index contributed by atoms with van der Waals surface area (Å²) < 4.78 is 0. The molecule has 1 aromatic rings. The lowest BCUT2D eigenvalue weighted by atomic mass is 9.98. The summed E-state index contributed by atoms with van der Waals surface area (Å²) in [7, 11) is 0. The molecule has 0 unspecified atom stereocenters. The van der Waals surface area contributed by atoms with Crippen molar-refractivity contribution in [3.63, 3.8) is 0 Å². The van der Waals surface area contributed by atoms with Crippen molar-refractivity contribution >= 4 is 17.6 Å². The average molecular weight is 373 g/mol. The van der Waals surface area contributed by atoms with Crippen molar-refractivity contribution in [2.45, 2.75) is 39.5 Å². The number of nitrogens with one attached hydrogen (secondary N) is 1. The summed E-state index contributed by atoms with van der Waals surface area (Å²) in [6.07, 6.45) is 3.80. The highest BCUT2D eigenvalue weighted by atomic mass is 16.3. The fourth-order valence-electron chi connectivity index (χ4n) is 3.84. The molecule has 0 radical (unpaired) electrons. The van der Waals surface area contributed by atoms with Crippen LogP contribution in [0.3, 0.4) is 0 Å². The number of hydrogen-bond acceptors (Lipinski definition) is 3. The first kappa shape index (κ1) is 19.7. The molecule has 0 aliphatic carbocycles. The van der Waals surface area contributed by atoms with Gasteiger partial charge in [-0.05, 0) is 68.2 Å². The number of benzene rings is 1.